The molecule has 1 aliphatic heterocycles. The standard InChI is InChI=1S/C16H30N4/c1-5-15(6-2)20-9-8-14(18-20)12-19-11-13(4)17-10-16(19)7-3/h8-9,13,15-17H,5-7,10-12H2,1-4H3. The van der Waals surface area contributed by atoms with Crippen LogP contribution in [0.15, 0.2) is 12.3 Å². The van der Waals surface area contributed by atoms with Crippen LogP contribution >= 0.6 is 0 Å². The Hall–Kier alpha value is -0.870. The fraction of sp³-hybridized carbons (Fsp3) is 0.812. The molecule has 1 fully saturated rings. The molecule has 4 nitrogen and oxygen atoms in total. The van der Waals surface area contributed by atoms with E-state index in [1.54, 1.807) is 0 Å². The zero-order valence-electron chi connectivity index (χ0n) is 13.5. The van der Waals surface area contributed by atoms with Crippen LogP contribution in [0, 0.1) is 0 Å². The van der Waals surface area contributed by atoms with E-state index in [0.29, 0.717) is 18.1 Å². The zero-order valence-corrected chi connectivity index (χ0v) is 13.5. The summed E-state index contributed by atoms with van der Waals surface area (Å²) >= 11 is 0. The molecule has 2 rings (SSSR count). The molecule has 4 heteroatoms. The Morgan fingerprint density at radius 2 is 2.10 bits per heavy atom. The predicted molar refractivity (Wildman–Crippen MR) is 83.8 cm³/mol. The van der Waals surface area contributed by atoms with E-state index >= 15 is 0 Å². The van der Waals surface area contributed by atoms with Gasteiger partial charge in [0.25, 0.3) is 0 Å². The first-order valence-corrected chi connectivity index (χ1v) is 8.19. The van der Waals surface area contributed by atoms with Gasteiger partial charge in [0.2, 0.25) is 0 Å². The fourth-order valence-corrected chi connectivity index (χ4v) is 3.16. The Labute approximate surface area is 123 Å². The number of aromatic nitrogens is 2. The van der Waals surface area contributed by atoms with Gasteiger partial charge in [-0.2, -0.15) is 5.10 Å². The molecular weight excluding hydrogens is 248 g/mol. The van der Waals surface area contributed by atoms with Crippen molar-refractivity contribution >= 4 is 0 Å². The Balaban J connectivity index is 2.01. The Morgan fingerprint density at radius 3 is 2.75 bits per heavy atom. The monoisotopic (exact) mass is 278 g/mol. The molecule has 0 bridgehead atoms. The summed E-state index contributed by atoms with van der Waals surface area (Å²) in [5.41, 5.74) is 1.21. The molecule has 1 aromatic heterocycles. The number of hydrogen-bond acceptors (Lipinski definition) is 3. The maximum atomic E-state index is 4.79. The quantitative estimate of drug-likeness (QED) is 0.868. The molecule has 1 aromatic rings. The molecule has 1 aliphatic rings. The second-order valence-corrected chi connectivity index (χ2v) is 6.06. The van der Waals surface area contributed by atoms with Gasteiger partial charge in [-0.3, -0.25) is 9.58 Å². The number of rotatable bonds is 6. The smallest absolute Gasteiger partial charge is 0.0765 e. The Morgan fingerprint density at radius 1 is 1.35 bits per heavy atom. The number of piperazine rings is 1. The lowest BCUT2D eigenvalue weighted by atomic mass is 10.1. The van der Waals surface area contributed by atoms with Crippen LogP contribution in [0.2, 0.25) is 0 Å². The van der Waals surface area contributed by atoms with Gasteiger partial charge in [0, 0.05) is 37.9 Å². The van der Waals surface area contributed by atoms with Crippen LogP contribution in [0.25, 0.3) is 0 Å². The normalized spacial score (nSPS) is 24.4. The SMILES string of the molecule is CCC1CNC(C)CN1Cc1ccn(C(CC)CC)n1. The highest BCUT2D eigenvalue weighted by atomic mass is 15.3. The van der Waals surface area contributed by atoms with Gasteiger partial charge in [-0.1, -0.05) is 20.8 Å². The molecule has 20 heavy (non-hydrogen) atoms. The summed E-state index contributed by atoms with van der Waals surface area (Å²) < 4.78 is 2.15. The molecule has 2 heterocycles. The lowest BCUT2D eigenvalue weighted by Gasteiger charge is -2.38. The second kappa shape index (κ2) is 7.23. The third-order valence-corrected chi connectivity index (χ3v) is 4.54. The molecule has 1 saturated heterocycles. The summed E-state index contributed by atoms with van der Waals surface area (Å²) in [5, 5.41) is 8.37. The van der Waals surface area contributed by atoms with Crippen molar-refractivity contribution in [2.45, 2.75) is 71.6 Å². The minimum Gasteiger partial charge on any atom is -0.311 e. The van der Waals surface area contributed by atoms with Gasteiger partial charge in [-0.05, 0) is 32.3 Å². The molecule has 2 atom stereocenters. The minimum atomic E-state index is 0.549. The number of nitrogens with zero attached hydrogens (tertiary/aromatic N) is 3. The fourth-order valence-electron chi connectivity index (χ4n) is 3.16. The van der Waals surface area contributed by atoms with Crippen LogP contribution in [0.1, 0.15) is 58.7 Å². The zero-order chi connectivity index (χ0) is 14.5. The van der Waals surface area contributed by atoms with E-state index in [9.17, 15) is 0 Å². The number of hydrogen-bond donors (Lipinski definition) is 1. The third-order valence-electron chi connectivity index (χ3n) is 4.54. The van der Waals surface area contributed by atoms with Gasteiger partial charge in [-0.15, -0.1) is 0 Å². The number of nitrogens with one attached hydrogen (secondary N) is 1. The third kappa shape index (κ3) is 3.61. The summed E-state index contributed by atoms with van der Waals surface area (Å²) in [6.45, 7) is 12.2. The van der Waals surface area contributed by atoms with E-state index in [0.717, 1.165) is 32.5 Å². The van der Waals surface area contributed by atoms with E-state index < -0.39 is 0 Å². The van der Waals surface area contributed by atoms with Crippen molar-refractivity contribution in [2.75, 3.05) is 13.1 Å². The van der Waals surface area contributed by atoms with E-state index in [1.807, 2.05) is 0 Å². The van der Waals surface area contributed by atoms with E-state index in [4.69, 9.17) is 5.10 Å². The Kier molecular flexibility index (Phi) is 5.61. The predicted octanol–water partition coefficient (Wildman–Crippen LogP) is 2.82. The van der Waals surface area contributed by atoms with Gasteiger partial charge < -0.3 is 5.32 Å². The van der Waals surface area contributed by atoms with Crippen LogP contribution in [0.4, 0.5) is 0 Å². The molecule has 0 amide bonds. The van der Waals surface area contributed by atoms with E-state index in [2.05, 4.69) is 54.9 Å². The summed E-state index contributed by atoms with van der Waals surface area (Å²) in [5.74, 6) is 0. The van der Waals surface area contributed by atoms with Crippen LogP contribution in [-0.2, 0) is 6.54 Å². The van der Waals surface area contributed by atoms with Gasteiger partial charge in [0.15, 0.2) is 0 Å². The molecule has 0 aliphatic carbocycles. The molecule has 0 saturated carbocycles. The van der Waals surface area contributed by atoms with Crippen molar-refractivity contribution < 1.29 is 0 Å². The van der Waals surface area contributed by atoms with Crippen LogP contribution < -0.4 is 5.32 Å². The van der Waals surface area contributed by atoms with Gasteiger partial charge in [-0.25, -0.2) is 0 Å². The highest BCUT2D eigenvalue weighted by Gasteiger charge is 2.25. The molecule has 2 unspecified atom stereocenters. The summed E-state index contributed by atoms with van der Waals surface area (Å²) in [6.07, 6.45) is 5.66. The molecular formula is C16H30N4. The van der Waals surface area contributed by atoms with Crippen molar-refractivity contribution in [1.82, 2.24) is 20.0 Å². The highest BCUT2D eigenvalue weighted by Crippen LogP contribution is 2.17. The first-order chi connectivity index (χ1) is 9.67. The van der Waals surface area contributed by atoms with E-state index in [1.165, 1.54) is 12.1 Å². The topological polar surface area (TPSA) is 33.1 Å². The molecule has 114 valence electrons. The lowest BCUT2D eigenvalue weighted by Crippen LogP contribution is -2.54. The van der Waals surface area contributed by atoms with Gasteiger partial charge in [0.1, 0.15) is 0 Å². The van der Waals surface area contributed by atoms with Gasteiger partial charge in [0.05, 0.1) is 11.7 Å². The van der Waals surface area contributed by atoms with Crippen LogP contribution in [0.3, 0.4) is 0 Å². The highest BCUT2D eigenvalue weighted by molar-refractivity contribution is 5.01. The maximum absolute atomic E-state index is 4.79. The van der Waals surface area contributed by atoms with Crippen LogP contribution in [-0.4, -0.2) is 39.9 Å². The molecule has 0 radical (unpaired) electrons. The lowest BCUT2D eigenvalue weighted by molar-refractivity contribution is 0.122. The largest absolute Gasteiger partial charge is 0.311 e. The Bertz CT molecular complexity index is 397. The molecule has 0 aromatic carbocycles. The summed E-state index contributed by atoms with van der Waals surface area (Å²) in [6, 6.07) is 3.97. The van der Waals surface area contributed by atoms with Crippen molar-refractivity contribution in [2.24, 2.45) is 0 Å². The average molecular weight is 278 g/mol. The molecule has 0 spiro atoms. The van der Waals surface area contributed by atoms with Crippen molar-refractivity contribution in [3.8, 4) is 0 Å². The van der Waals surface area contributed by atoms with Crippen molar-refractivity contribution in [1.29, 1.82) is 0 Å². The molecule has 1 N–H and O–H groups in total. The minimum absolute atomic E-state index is 0.549. The summed E-state index contributed by atoms with van der Waals surface area (Å²) in [4.78, 5) is 2.58. The second-order valence-electron chi connectivity index (χ2n) is 6.06. The van der Waals surface area contributed by atoms with Crippen molar-refractivity contribution in [3.63, 3.8) is 0 Å². The van der Waals surface area contributed by atoms with Crippen molar-refractivity contribution in [3.05, 3.63) is 18.0 Å². The van der Waals surface area contributed by atoms with Gasteiger partial charge >= 0.3 is 0 Å². The average Bonchev–Trinajstić information content (AvgIpc) is 2.89. The van der Waals surface area contributed by atoms with E-state index in [-0.39, 0.29) is 0 Å². The van der Waals surface area contributed by atoms with Crippen LogP contribution in [0.5, 0.6) is 0 Å². The first-order valence-electron chi connectivity index (χ1n) is 8.19. The maximum Gasteiger partial charge on any atom is 0.0765 e. The first kappa shape index (κ1) is 15.5. The summed E-state index contributed by atoms with van der Waals surface area (Å²) in [7, 11) is 0.